The summed E-state index contributed by atoms with van der Waals surface area (Å²) in [5.74, 6) is 0. The number of hydrogen-bond donors (Lipinski definition) is 0. The minimum Gasteiger partial charge on any atom is -0.379 e. The van der Waals surface area contributed by atoms with Gasteiger partial charge in [-0.2, -0.15) is 22.6 Å². The summed E-state index contributed by atoms with van der Waals surface area (Å²) in [6.07, 6.45) is -1.74. The van der Waals surface area contributed by atoms with Crippen molar-refractivity contribution in [3.8, 4) is 21.8 Å². The number of halogens is 3. The Morgan fingerprint density at radius 2 is 1.82 bits per heavy atom. The quantitative estimate of drug-likeness (QED) is 0.415. The molecule has 1 aliphatic heterocycles. The molecule has 0 atom stereocenters. The molecule has 1 saturated heterocycles. The summed E-state index contributed by atoms with van der Waals surface area (Å²) >= 11 is 1.20. The van der Waals surface area contributed by atoms with Gasteiger partial charge < -0.3 is 4.74 Å². The van der Waals surface area contributed by atoms with Crippen molar-refractivity contribution in [1.82, 2.24) is 23.9 Å². The molecule has 1 fully saturated rings. The summed E-state index contributed by atoms with van der Waals surface area (Å²) in [6, 6.07) is 7.45. The van der Waals surface area contributed by atoms with Crippen molar-refractivity contribution in [3.05, 3.63) is 54.0 Å². The van der Waals surface area contributed by atoms with Crippen molar-refractivity contribution in [3.63, 3.8) is 0 Å². The fourth-order valence-electron chi connectivity index (χ4n) is 3.69. The van der Waals surface area contributed by atoms with Crippen molar-refractivity contribution in [2.24, 2.45) is 0 Å². The molecule has 8 nitrogen and oxygen atoms in total. The standard InChI is InChI=1S/C21H18F3N5O3S2/c1-13-17(21(22,23)24)10-15(11-25-13)18-12-26-20-29(18)27-19(33-20)14-3-2-4-16(9-14)34(30,31)28-5-7-32-8-6-28/h2-4,9-12H,5-8H2,1H3. The van der Waals surface area contributed by atoms with Gasteiger partial charge in [-0.1, -0.05) is 23.5 Å². The number of rotatable bonds is 4. The topological polar surface area (TPSA) is 89.7 Å². The number of fused-ring (bicyclic) bond motifs is 1. The summed E-state index contributed by atoms with van der Waals surface area (Å²) in [6.45, 7) is 2.55. The molecule has 34 heavy (non-hydrogen) atoms. The van der Waals surface area contributed by atoms with E-state index in [1.54, 1.807) is 12.1 Å². The number of benzene rings is 1. The van der Waals surface area contributed by atoms with E-state index in [0.717, 1.165) is 6.07 Å². The molecule has 1 aliphatic rings. The van der Waals surface area contributed by atoms with Crippen LogP contribution < -0.4 is 0 Å². The van der Waals surface area contributed by atoms with Crippen LogP contribution >= 0.6 is 11.3 Å². The number of aryl methyl sites for hydroxylation is 1. The second-order valence-electron chi connectivity index (χ2n) is 7.64. The Labute approximate surface area is 196 Å². The fraction of sp³-hybridized carbons (Fsp3) is 0.286. The van der Waals surface area contributed by atoms with Gasteiger partial charge in [0, 0.05) is 36.1 Å². The molecule has 0 aliphatic carbocycles. The van der Waals surface area contributed by atoms with E-state index in [0.29, 0.717) is 34.4 Å². The number of sulfonamides is 1. The zero-order valence-corrected chi connectivity index (χ0v) is 19.4. The summed E-state index contributed by atoms with van der Waals surface area (Å²) in [5, 5.41) is 4.99. The zero-order chi connectivity index (χ0) is 24.1. The van der Waals surface area contributed by atoms with Gasteiger partial charge in [0.2, 0.25) is 15.0 Å². The van der Waals surface area contributed by atoms with Gasteiger partial charge in [-0.25, -0.2) is 17.9 Å². The molecule has 13 heteroatoms. The smallest absolute Gasteiger partial charge is 0.379 e. The molecule has 0 radical (unpaired) electrons. The van der Waals surface area contributed by atoms with Gasteiger partial charge >= 0.3 is 6.18 Å². The summed E-state index contributed by atoms with van der Waals surface area (Å²) in [5.41, 5.74) is 0.206. The van der Waals surface area contributed by atoms with E-state index in [2.05, 4.69) is 15.1 Å². The van der Waals surface area contributed by atoms with Gasteiger partial charge in [-0.3, -0.25) is 4.98 Å². The van der Waals surface area contributed by atoms with Crippen molar-refractivity contribution in [2.45, 2.75) is 18.0 Å². The van der Waals surface area contributed by atoms with E-state index >= 15 is 0 Å². The lowest BCUT2D eigenvalue weighted by Gasteiger charge is -2.26. The lowest BCUT2D eigenvalue weighted by Crippen LogP contribution is -2.40. The van der Waals surface area contributed by atoms with Gasteiger partial charge in [0.25, 0.3) is 0 Å². The highest BCUT2D eigenvalue weighted by atomic mass is 32.2. The molecule has 5 rings (SSSR count). The summed E-state index contributed by atoms with van der Waals surface area (Å²) in [4.78, 5) is 8.76. The Bertz CT molecular complexity index is 1470. The van der Waals surface area contributed by atoms with Crippen LogP contribution in [-0.4, -0.2) is 58.6 Å². The van der Waals surface area contributed by atoms with Crippen LogP contribution in [0.1, 0.15) is 11.3 Å². The van der Waals surface area contributed by atoms with Crippen LogP contribution in [0.3, 0.4) is 0 Å². The van der Waals surface area contributed by atoms with Crippen LogP contribution in [0.5, 0.6) is 0 Å². The molecule has 1 aromatic carbocycles. The van der Waals surface area contributed by atoms with E-state index in [-0.39, 0.29) is 29.2 Å². The van der Waals surface area contributed by atoms with Crippen molar-refractivity contribution in [2.75, 3.05) is 26.3 Å². The number of hydrogen-bond acceptors (Lipinski definition) is 7. The van der Waals surface area contributed by atoms with Crippen LogP contribution in [0.15, 0.2) is 47.6 Å². The van der Waals surface area contributed by atoms with E-state index in [4.69, 9.17) is 4.74 Å². The highest BCUT2D eigenvalue weighted by Crippen LogP contribution is 2.35. The lowest BCUT2D eigenvalue weighted by atomic mass is 10.1. The molecular weight excluding hydrogens is 491 g/mol. The molecule has 0 amide bonds. The van der Waals surface area contributed by atoms with Gasteiger partial charge in [-0.05, 0) is 25.1 Å². The molecule has 3 aromatic heterocycles. The molecule has 0 spiro atoms. The number of pyridine rings is 1. The Balaban J connectivity index is 1.53. The Morgan fingerprint density at radius 1 is 1.06 bits per heavy atom. The fourth-order valence-corrected chi connectivity index (χ4v) is 6.02. The Hall–Kier alpha value is -2.87. The highest BCUT2D eigenvalue weighted by Gasteiger charge is 2.33. The third-order valence-electron chi connectivity index (χ3n) is 5.46. The maximum atomic E-state index is 13.3. The number of aromatic nitrogens is 4. The van der Waals surface area contributed by atoms with Crippen molar-refractivity contribution in [1.29, 1.82) is 0 Å². The first-order valence-electron chi connectivity index (χ1n) is 10.2. The maximum absolute atomic E-state index is 13.3. The molecule has 0 unspecified atom stereocenters. The first-order chi connectivity index (χ1) is 16.1. The Kier molecular flexibility index (Phi) is 5.67. The molecule has 0 saturated carbocycles. The van der Waals surface area contributed by atoms with Crippen molar-refractivity contribution >= 4 is 26.3 Å². The molecule has 4 heterocycles. The predicted molar refractivity (Wildman–Crippen MR) is 119 cm³/mol. The average Bonchev–Trinajstić information content (AvgIpc) is 3.41. The molecule has 4 aromatic rings. The second-order valence-corrected chi connectivity index (χ2v) is 10.5. The van der Waals surface area contributed by atoms with E-state index in [9.17, 15) is 21.6 Å². The number of alkyl halides is 3. The average molecular weight is 510 g/mol. The monoisotopic (exact) mass is 509 g/mol. The molecule has 178 valence electrons. The number of imidazole rings is 1. The third kappa shape index (κ3) is 4.08. The van der Waals surface area contributed by atoms with Crippen LogP contribution in [-0.2, 0) is 20.9 Å². The first-order valence-corrected chi connectivity index (χ1v) is 12.5. The van der Waals surface area contributed by atoms with Crippen LogP contribution in [0, 0.1) is 6.92 Å². The maximum Gasteiger partial charge on any atom is 0.418 e. The van der Waals surface area contributed by atoms with E-state index in [1.807, 2.05) is 0 Å². The SMILES string of the molecule is Cc1ncc(-c2cnc3sc(-c4cccc(S(=O)(=O)N5CCOCC5)c4)nn23)cc1C(F)(F)F. The number of morpholine rings is 1. The molecule has 0 N–H and O–H groups in total. The third-order valence-corrected chi connectivity index (χ3v) is 8.33. The second kappa shape index (κ2) is 8.41. The van der Waals surface area contributed by atoms with E-state index < -0.39 is 21.8 Å². The van der Waals surface area contributed by atoms with Crippen molar-refractivity contribution < 1.29 is 26.3 Å². The molecular formula is C21H18F3N5O3S2. The van der Waals surface area contributed by atoms with Gasteiger partial charge in [-0.15, -0.1) is 0 Å². The minimum absolute atomic E-state index is 0.116. The van der Waals surface area contributed by atoms with Gasteiger partial charge in [0.05, 0.1) is 35.6 Å². The van der Waals surface area contributed by atoms with Crippen LogP contribution in [0.4, 0.5) is 13.2 Å². The van der Waals surface area contributed by atoms with Crippen LogP contribution in [0.2, 0.25) is 0 Å². The number of nitrogens with zero attached hydrogens (tertiary/aromatic N) is 5. The predicted octanol–water partition coefficient (Wildman–Crippen LogP) is 3.87. The van der Waals surface area contributed by atoms with Crippen LogP contribution in [0.25, 0.3) is 26.8 Å². The summed E-state index contributed by atoms with van der Waals surface area (Å²) in [7, 11) is -3.69. The van der Waals surface area contributed by atoms with Gasteiger partial charge in [0.1, 0.15) is 5.01 Å². The van der Waals surface area contributed by atoms with Gasteiger partial charge in [0.15, 0.2) is 0 Å². The lowest BCUT2D eigenvalue weighted by molar-refractivity contribution is -0.138. The number of ether oxygens (including phenoxy) is 1. The van der Waals surface area contributed by atoms with E-state index in [1.165, 1.54) is 51.6 Å². The zero-order valence-electron chi connectivity index (χ0n) is 17.8. The largest absolute Gasteiger partial charge is 0.418 e. The first kappa shape index (κ1) is 22.9. The molecule has 0 bridgehead atoms. The highest BCUT2D eigenvalue weighted by molar-refractivity contribution is 7.89. The minimum atomic E-state index is -4.53. The summed E-state index contributed by atoms with van der Waals surface area (Å²) < 4.78 is 74.1. The normalized spacial score (nSPS) is 15.8. The Morgan fingerprint density at radius 3 is 2.56 bits per heavy atom.